The minimum atomic E-state index is -0.624. The number of amides is 1. The minimum absolute atomic E-state index is 0.149. The van der Waals surface area contributed by atoms with Gasteiger partial charge in [-0.15, -0.1) is 0 Å². The van der Waals surface area contributed by atoms with Gasteiger partial charge in [-0.25, -0.2) is 9.59 Å². The van der Waals surface area contributed by atoms with Crippen molar-refractivity contribution in [3.05, 3.63) is 29.3 Å². The van der Waals surface area contributed by atoms with Crippen LogP contribution in [0.4, 0.5) is 4.79 Å². The molecule has 0 radical (unpaired) electrons. The lowest BCUT2D eigenvalue weighted by Crippen LogP contribution is -2.44. The van der Waals surface area contributed by atoms with E-state index in [1.165, 1.54) is 7.11 Å². The Morgan fingerprint density at radius 3 is 2.68 bits per heavy atom. The third kappa shape index (κ3) is 5.32. The summed E-state index contributed by atoms with van der Waals surface area (Å²) in [6.45, 7) is 5.81. The number of methoxy groups -OCH3 is 1. The molecular formula is C17H22N2O5S. The fourth-order valence-electron chi connectivity index (χ4n) is 2.38. The zero-order valence-corrected chi connectivity index (χ0v) is 15.5. The Morgan fingerprint density at radius 1 is 1.32 bits per heavy atom. The summed E-state index contributed by atoms with van der Waals surface area (Å²) in [5, 5.41) is 5.70. The van der Waals surface area contributed by atoms with Crippen molar-refractivity contribution in [1.82, 2.24) is 10.6 Å². The highest BCUT2D eigenvalue weighted by atomic mass is 32.1. The van der Waals surface area contributed by atoms with Crippen molar-refractivity contribution < 1.29 is 23.8 Å². The maximum Gasteiger partial charge on any atom is 0.413 e. The third-order valence-electron chi connectivity index (χ3n) is 3.39. The number of esters is 1. The van der Waals surface area contributed by atoms with E-state index in [1.807, 2.05) is 0 Å². The van der Waals surface area contributed by atoms with E-state index < -0.39 is 17.7 Å². The number of benzene rings is 1. The van der Waals surface area contributed by atoms with Crippen LogP contribution in [0.15, 0.2) is 18.2 Å². The van der Waals surface area contributed by atoms with Gasteiger partial charge < -0.3 is 19.5 Å². The zero-order valence-electron chi connectivity index (χ0n) is 14.7. The maximum atomic E-state index is 11.8. The van der Waals surface area contributed by atoms with E-state index in [0.29, 0.717) is 24.3 Å². The van der Waals surface area contributed by atoms with Crippen molar-refractivity contribution in [3.63, 3.8) is 0 Å². The van der Waals surface area contributed by atoms with Crippen molar-refractivity contribution in [2.75, 3.05) is 13.7 Å². The monoisotopic (exact) mass is 366 g/mol. The van der Waals surface area contributed by atoms with E-state index in [2.05, 4.69) is 10.6 Å². The molecule has 25 heavy (non-hydrogen) atoms. The summed E-state index contributed by atoms with van der Waals surface area (Å²) in [4.78, 5) is 23.5. The van der Waals surface area contributed by atoms with Gasteiger partial charge in [-0.05, 0) is 51.2 Å². The second-order valence-electron chi connectivity index (χ2n) is 6.53. The number of nitrogens with one attached hydrogen (secondary N) is 2. The van der Waals surface area contributed by atoms with Crippen LogP contribution in [-0.2, 0) is 9.47 Å². The van der Waals surface area contributed by atoms with Gasteiger partial charge in [0.1, 0.15) is 11.4 Å². The molecule has 1 aliphatic rings. The molecule has 0 spiro atoms. The molecule has 1 aliphatic heterocycles. The van der Waals surface area contributed by atoms with Crippen LogP contribution in [0.5, 0.6) is 5.75 Å². The number of ether oxygens (including phenoxy) is 3. The molecule has 0 fully saturated rings. The Kier molecular flexibility index (Phi) is 5.84. The standard InChI is InChI=1S/C17H22N2O5S/c1-17(2,3)24-16(21)19-15(25)18-12-7-8-23-13-6-5-10(9-11(12)13)14(20)22-4/h5-6,9,12H,7-8H2,1-4H3,(H2,18,19,21,25)/t12-/m1/s1. The summed E-state index contributed by atoms with van der Waals surface area (Å²) < 4.78 is 15.5. The lowest BCUT2D eigenvalue weighted by atomic mass is 9.98. The van der Waals surface area contributed by atoms with Crippen molar-refractivity contribution in [3.8, 4) is 5.75 Å². The first kappa shape index (κ1) is 19.0. The van der Waals surface area contributed by atoms with Gasteiger partial charge in [-0.2, -0.15) is 0 Å². The molecule has 1 atom stereocenters. The molecule has 1 heterocycles. The van der Waals surface area contributed by atoms with Gasteiger partial charge in [0.05, 0.1) is 25.3 Å². The van der Waals surface area contributed by atoms with Crippen LogP contribution in [0.2, 0.25) is 0 Å². The number of fused-ring (bicyclic) bond motifs is 1. The quantitative estimate of drug-likeness (QED) is 0.615. The van der Waals surface area contributed by atoms with Crippen molar-refractivity contribution in [2.24, 2.45) is 0 Å². The van der Waals surface area contributed by atoms with E-state index in [-0.39, 0.29) is 11.2 Å². The summed E-state index contributed by atoms with van der Waals surface area (Å²) in [5.41, 5.74) is 0.590. The Balaban J connectivity index is 2.08. The largest absolute Gasteiger partial charge is 0.493 e. The summed E-state index contributed by atoms with van der Waals surface area (Å²) in [6, 6.07) is 4.87. The topological polar surface area (TPSA) is 85.9 Å². The molecule has 8 heteroatoms. The first-order valence-electron chi connectivity index (χ1n) is 7.85. The smallest absolute Gasteiger partial charge is 0.413 e. The second kappa shape index (κ2) is 7.69. The van der Waals surface area contributed by atoms with Gasteiger partial charge in [-0.3, -0.25) is 5.32 Å². The summed E-state index contributed by atoms with van der Waals surface area (Å²) in [5.74, 6) is 0.234. The molecule has 1 aromatic carbocycles. The van der Waals surface area contributed by atoms with Crippen molar-refractivity contribution in [1.29, 1.82) is 0 Å². The Bertz CT molecular complexity index is 684. The predicted octanol–water partition coefficient (Wildman–Crippen LogP) is 2.70. The second-order valence-corrected chi connectivity index (χ2v) is 6.94. The molecular weight excluding hydrogens is 344 g/mol. The van der Waals surface area contributed by atoms with Crippen LogP contribution in [0, 0.1) is 0 Å². The van der Waals surface area contributed by atoms with Gasteiger partial charge in [0.15, 0.2) is 5.11 Å². The van der Waals surface area contributed by atoms with Crippen molar-refractivity contribution in [2.45, 2.75) is 38.8 Å². The third-order valence-corrected chi connectivity index (χ3v) is 3.61. The lowest BCUT2D eigenvalue weighted by Gasteiger charge is -2.28. The summed E-state index contributed by atoms with van der Waals surface area (Å²) >= 11 is 5.18. The summed E-state index contributed by atoms with van der Waals surface area (Å²) in [7, 11) is 1.33. The van der Waals surface area contributed by atoms with Gasteiger partial charge in [-0.1, -0.05) is 0 Å². The molecule has 136 valence electrons. The SMILES string of the molecule is COC(=O)c1ccc2c(c1)[C@H](NC(=S)NC(=O)OC(C)(C)C)CCO2. The molecule has 2 N–H and O–H groups in total. The average Bonchev–Trinajstić information content (AvgIpc) is 2.52. The molecule has 0 aromatic heterocycles. The number of thiocarbonyl (C=S) groups is 1. The normalized spacial score (nSPS) is 16.1. The Hall–Kier alpha value is -2.35. The van der Waals surface area contributed by atoms with E-state index >= 15 is 0 Å². The molecule has 1 aromatic rings. The number of alkyl carbamates (subject to hydrolysis) is 1. The zero-order chi connectivity index (χ0) is 18.6. The molecule has 0 unspecified atom stereocenters. The number of hydrogen-bond donors (Lipinski definition) is 2. The Morgan fingerprint density at radius 2 is 2.04 bits per heavy atom. The van der Waals surface area contributed by atoms with Crippen molar-refractivity contribution >= 4 is 29.4 Å². The maximum absolute atomic E-state index is 11.8. The van der Waals surface area contributed by atoms with Crippen LogP contribution in [-0.4, -0.2) is 36.5 Å². The van der Waals surface area contributed by atoms with Crippen LogP contribution < -0.4 is 15.4 Å². The Labute approximate surface area is 152 Å². The highest BCUT2D eigenvalue weighted by molar-refractivity contribution is 7.80. The molecule has 0 saturated heterocycles. The van der Waals surface area contributed by atoms with E-state index in [1.54, 1.807) is 39.0 Å². The van der Waals surface area contributed by atoms with Crippen LogP contribution >= 0.6 is 12.2 Å². The van der Waals surface area contributed by atoms with Crippen LogP contribution in [0.1, 0.15) is 49.2 Å². The fraction of sp³-hybridized carbons (Fsp3) is 0.471. The van der Waals surface area contributed by atoms with E-state index in [4.69, 9.17) is 26.4 Å². The summed E-state index contributed by atoms with van der Waals surface area (Å²) in [6.07, 6.45) is 0.00825. The highest BCUT2D eigenvalue weighted by Gasteiger charge is 2.25. The first-order chi connectivity index (χ1) is 11.7. The molecule has 2 rings (SSSR count). The van der Waals surface area contributed by atoms with Crippen LogP contribution in [0.25, 0.3) is 0 Å². The molecule has 0 saturated carbocycles. The molecule has 0 aliphatic carbocycles. The minimum Gasteiger partial charge on any atom is -0.493 e. The number of rotatable bonds is 2. The van der Waals surface area contributed by atoms with Gasteiger partial charge >= 0.3 is 12.1 Å². The van der Waals surface area contributed by atoms with Gasteiger partial charge in [0.25, 0.3) is 0 Å². The van der Waals surface area contributed by atoms with E-state index in [0.717, 1.165) is 5.56 Å². The lowest BCUT2D eigenvalue weighted by molar-refractivity contribution is 0.0560. The molecule has 0 bridgehead atoms. The first-order valence-corrected chi connectivity index (χ1v) is 8.26. The van der Waals surface area contributed by atoms with Gasteiger partial charge in [0.2, 0.25) is 0 Å². The fourth-order valence-corrected chi connectivity index (χ4v) is 2.61. The van der Waals surface area contributed by atoms with Crippen LogP contribution in [0.3, 0.4) is 0 Å². The molecule has 1 amide bonds. The molecule has 7 nitrogen and oxygen atoms in total. The average molecular weight is 366 g/mol. The number of carbonyl (C=O) groups is 2. The van der Waals surface area contributed by atoms with E-state index in [9.17, 15) is 9.59 Å². The number of carbonyl (C=O) groups excluding carboxylic acids is 2. The number of hydrogen-bond acceptors (Lipinski definition) is 6. The highest BCUT2D eigenvalue weighted by Crippen LogP contribution is 2.32. The predicted molar refractivity (Wildman–Crippen MR) is 95.7 cm³/mol. The van der Waals surface area contributed by atoms with Gasteiger partial charge in [0, 0.05) is 12.0 Å².